The molecule has 1 N–H and O–H groups in total. The molecule has 4 heteroatoms. The highest BCUT2D eigenvalue weighted by molar-refractivity contribution is 5.90. The third kappa shape index (κ3) is 1.91. The van der Waals surface area contributed by atoms with E-state index in [9.17, 15) is 4.79 Å². The van der Waals surface area contributed by atoms with E-state index in [4.69, 9.17) is 4.74 Å². The predicted octanol–water partition coefficient (Wildman–Crippen LogP) is 2.91. The fourth-order valence-electron chi connectivity index (χ4n) is 2.84. The van der Waals surface area contributed by atoms with E-state index in [-0.39, 0.29) is 11.7 Å². The molecule has 0 spiro atoms. The highest BCUT2D eigenvalue weighted by Gasteiger charge is 2.25. The molecule has 1 aromatic heterocycles. The van der Waals surface area contributed by atoms with Gasteiger partial charge in [0, 0.05) is 6.42 Å². The standard InChI is InChI=1S/C17H14N2O2/c1-10-5-7-11(8-6-10)15-9-13-16-12(17(20)19-18-13)3-2-4-14(16)21-15/h2-8,15H,9H2,1H3,(H,19,20). The first-order chi connectivity index (χ1) is 10.2. The van der Waals surface area contributed by atoms with Crippen molar-refractivity contribution in [2.45, 2.75) is 19.4 Å². The van der Waals surface area contributed by atoms with Gasteiger partial charge in [-0.1, -0.05) is 35.9 Å². The molecule has 0 amide bonds. The summed E-state index contributed by atoms with van der Waals surface area (Å²) in [7, 11) is 0. The monoisotopic (exact) mass is 278 g/mol. The maximum atomic E-state index is 11.8. The van der Waals surface area contributed by atoms with Gasteiger partial charge in [-0.05, 0) is 24.6 Å². The summed E-state index contributed by atoms with van der Waals surface area (Å²) in [5.41, 5.74) is 3.06. The van der Waals surface area contributed by atoms with E-state index in [0.29, 0.717) is 11.8 Å². The molecule has 0 fully saturated rings. The molecule has 104 valence electrons. The fourth-order valence-corrected chi connectivity index (χ4v) is 2.84. The van der Waals surface area contributed by atoms with Crippen molar-refractivity contribution >= 4 is 10.8 Å². The largest absolute Gasteiger partial charge is 0.485 e. The zero-order chi connectivity index (χ0) is 14.4. The van der Waals surface area contributed by atoms with Gasteiger partial charge in [0.2, 0.25) is 0 Å². The van der Waals surface area contributed by atoms with Crippen molar-refractivity contribution in [3.05, 3.63) is 69.6 Å². The first-order valence-electron chi connectivity index (χ1n) is 6.96. The summed E-state index contributed by atoms with van der Waals surface area (Å²) in [6.07, 6.45) is 0.593. The summed E-state index contributed by atoms with van der Waals surface area (Å²) in [6, 6.07) is 13.9. The summed E-state index contributed by atoms with van der Waals surface area (Å²) >= 11 is 0. The maximum Gasteiger partial charge on any atom is 0.272 e. The van der Waals surface area contributed by atoms with Gasteiger partial charge in [-0.25, -0.2) is 5.10 Å². The van der Waals surface area contributed by atoms with Gasteiger partial charge in [-0.2, -0.15) is 5.10 Å². The van der Waals surface area contributed by atoms with Crippen LogP contribution in [0.3, 0.4) is 0 Å². The summed E-state index contributed by atoms with van der Waals surface area (Å²) in [6.45, 7) is 2.06. The first kappa shape index (κ1) is 12.1. The molecule has 2 heterocycles. The number of hydrogen-bond donors (Lipinski definition) is 1. The zero-order valence-electron chi connectivity index (χ0n) is 11.6. The number of aromatic nitrogens is 2. The molecule has 0 saturated heterocycles. The van der Waals surface area contributed by atoms with Crippen LogP contribution in [0, 0.1) is 6.92 Å². The van der Waals surface area contributed by atoms with Gasteiger partial charge in [-0.3, -0.25) is 4.79 Å². The zero-order valence-corrected chi connectivity index (χ0v) is 11.6. The molecule has 1 aliphatic rings. The molecule has 1 atom stereocenters. The number of hydrogen-bond acceptors (Lipinski definition) is 3. The molecule has 3 aromatic rings. The Morgan fingerprint density at radius 1 is 1.19 bits per heavy atom. The van der Waals surface area contributed by atoms with E-state index in [1.165, 1.54) is 5.56 Å². The van der Waals surface area contributed by atoms with E-state index >= 15 is 0 Å². The number of nitrogens with one attached hydrogen (secondary N) is 1. The molecule has 0 aliphatic carbocycles. The average Bonchev–Trinajstić information content (AvgIpc) is 2.51. The quantitative estimate of drug-likeness (QED) is 0.744. The van der Waals surface area contributed by atoms with Crippen LogP contribution in [0.25, 0.3) is 10.8 Å². The number of nitrogens with zero attached hydrogens (tertiary/aromatic N) is 1. The van der Waals surface area contributed by atoms with Crippen LogP contribution in [-0.2, 0) is 6.42 Å². The van der Waals surface area contributed by atoms with Gasteiger partial charge in [0.05, 0.1) is 16.5 Å². The van der Waals surface area contributed by atoms with Gasteiger partial charge < -0.3 is 4.74 Å². The smallest absolute Gasteiger partial charge is 0.272 e. The number of aromatic amines is 1. The van der Waals surface area contributed by atoms with Crippen LogP contribution in [0.2, 0.25) is 0 Å². The molecule has 4 nitrogen and oxygen atoms in total. The number of H-pyrrole nitrogens is 1. The predicted molar refractivity (Wildman–Crippen MR) is 80.6 cm³/mol. The molecular formula is C17H14N2O2. The van der Waals surface area contributed by atoms with Crippen LogP contribution in [0.1, 0.15) is 22.9 Å². The van der Waals surface area contributed by atoms with E-state index in [1.54, 1.807) is 6.07 Å². The molecule has 0 saturated carbocycles. The third-order valence-corrected chi connectivity index (χ3v) is 3.95. The SMILES string of the molecule is Cc1ccc(C2Cc3n[nH]c(=O)c4cccc(c34)O2)cc1. The van der Waals surface area contributed by atoms with E-state index in [0.717, 1.165) is 22.4 Å². The van der Waals surface area contributed by atoms with Crippen molar-refractivity contribution in [1.82, 2.24) is 10.2 Å². The molecule has 0 bridgehead atoms. The Labute approximate surface area is 121 Å². The fraction of sp³-hybridized carbons (Fsp3) is 0.176. The normalized spacial score (nSPS) is 16.7. The second-order valence-electron chi connectivity index (χ2n) is 5.40. The minimum atomic E-state index is -0.173. The first-order valence-corrected chi connectivity index (χ1v) is 6.96. The Balaban J connectivity index is 1.84. The van der Waals surface area contributed by atoms with E-state index < -0.39 is 0 Å². The second-order valence-corrected chi connectivity index (χ2v) is 5.40. The second kappa shape index (κ2) is 4.45. The van der Waals surface area contributed by atoms with Crippen LogP contribution in [-0.4, -0.2) is 10.2 Å². The minimum Gasteiger partial charge on any atom is -0.485 e. The molecule has 0 radical (unpaired) electrons. The van der Waals surface area contributed by atoms with E-state index in [1.807, 2.05) is 12.1 Å². The van der Waals surface area contributed by atoms with Crippen molar-refractivity contribution in [2.24, 2.45) is 0 Å². The van der Waals surface area contributed by atoms with Crippen molar-refractivity contribution in [2.75, 3.05) is 0 Å². The van der Waals surface area contributed by atoms with Crippen molar-refractivity contribution in [3.8, 4) is 5.75 Å². The summed E-state index contributed by atoms with van der Waals surface area (Å²) in [5.74, 6) is 0.734. The number of benzene rings is 2. The molecule has 1 unspecified atom stereocenters. The summed E-state index contributed by atoms with van der Waals surface area (Å²) in [5, 5.41) is 8.26. The highest BCUT2D eigenvalue weighted by atomic mass is 16.5. The van der Waals surface area contributed by atoms with Gasteiger partial charge in [0.25, 0.3) is 5.56 Å². The van der Waals surface area contributed by atoms with E-state index in [2.05, 4.69) is 41.4 Å². The maximum absolute atomic E-state index is 11.8. The Hall–Kier alpha value is -2.62. The summed E-state index contributed by atoms with van der Waals surface area (Å²) < 4.78 is 6.09. The van der Waals surface area contributed by atoms with Crippen molar-refractivity contribution in [1.29, 1.82) is 0 Å². The van der Waals surface area contributed by atoms with Gasteiger partial charge in [-0.15, -0.1) is 0 Å². The molecular weight excluding hydrogens is 264 g/mol. The minimum absolute atomic E-state index is 0.0675. The van der Waals surface area contributed by atoms with Crippen LogP contribution in [0.4, 0.5) is 0 Å². The lowest BCUT2D eigenvalue weighted by Crippen LogP contribution is -2.20. The Bertz CT molecular complexity index is 869. The average molecular weight is 278 g/mol. The van der Waals surface area contributed by atoms with Crippen LogP contribution >= 0.6 is 0 Å². The molecule has 4 rings (SSSR count). The number of rotatable bonds is 1. The molecule has 1 aliphatic heterocycles. The van der Waals surface area contributed by atoms with Crippen molar-refractivity contribution < 1.29 is 4.74 Å². The Morgan fingerprint density at radius 2 is 2.00 bits per heavy atom. The molecule has 21 heavy (non-hydrogen) atoms. The van der Waals surface area contributed by atoms with Crippen molar-refractivity contribution in [3.63, 3.8) is 0 Å². The molecule has 2 aromatic carbocycles. The lowest BCUT2D eigenvalue weighted by Gasteiger charge is -2.25. The lowest BCUT2D eigenvalue weighted by molar-refractivity contribution is 0.200. The highest BCUT2D eigenvalue weighted by Crippen LogP contribution is 2.37. The van der Waals surface area contributed by atoms with Gasteiger partial charge in [0.1, 0.15) is 11.9 Å². The number of aryl methyl sites for hydroxylation is 1. The topological polar surface area (TPSA) is 55.0 Å². The van der Waals surface area contributed by atoms with Crippen LogP contribution in [0.15, 0.2) is 47.3 Å². The Morgan fingerprint density at radius 3 is 2.81 bits per heavy atom. The third-order valence-electron chi connectivity index (χ3n) is 3.95. The van der Waals surface area contributed by atoms with Crippen LogP contribution < -0.4 is 10.3 Å². The number of ether oxygens (including phenoxy) is 1. The van der Waals surface area contributed by atoms with Crippen LogP contribution in [0.5, 0.6) is 5.75 Å². The van der Waals surface area contributed by atoms with Gasteiger partial charge >= 0.3 is 0 Å². The Kier molecular flexibility index (Phi) is 2.57. The lowest BCUT2D eigenvalue weighted by atomic mass is 9.97. The van der Waals surface area contributed by atoms with Gasteiger partial charge in [0.15, 0.2) is 0 Å². The summed E-state index contributed by atoms with van der Waals surface area (Å²) in [4.78, 5) is 11.8.